The number of nitrogens with zero attached hydrogens (tertiary/aromatic N) is 1. The Balaban J connectivity index is 1.62. The average molecular weight is 401 g/mol. The molecular formula is C22H25ClN2O3. The Hall–Kier alpha value is -2.53. The number of carbonyl (C=O) groups excluding carboxylic acids is 2. The van der Waals surface area contributed by atoms with Crippen LogP contribution in [-0.4, -0.2) is 35.4 Å². The molecule has 1 aliphatic rings. The maximum absolute atomic E-state index is 13.1. The Morgan fingerprint density at radius 3 is 2.46 bits per heavy atom. The van der Waals surface area contributed by atoms with E-state index in [4.69, 9.17) is 16.3 Å². The number of amides is 2. The fraction of sp³-hybridized carbons (Fsp3) is 0.364. The molecule has 3 rings (SSSR count). The van der Waals surface area contributed by atoms with Gasteiger partial charge in [-0.2, -0.15) is 0 Å². The van der Waals surface area contributed by atoms with Gasteiger partial charge in [-0.05, 0) is 63.1 Å². The molecule has 1 N–H and O–H groups in total. The summed E-state index contributed by atoms with van der Waals surface area (Å²) in [4.78, 5) is 27.4. The van der Waals surface area contributed by atoms with Gasteiger partial charge < -0.3 is 15.0 Å². The van der Waals surface area contributed by atoms with Gasteiger partial charge in [-0.1, -0.05) is 29.8 Å². The highest BCUT2D eigenvalue weighted by Crippen LogP contribution is 2.25. The summed E-state index contributed by atoms with van der Waals surface area (Å²) in [5, 5.41) is 3.55. The molecule has 2 amide bonds. The average Bonchev–Trinajstić information content (AvgIpc) is 2.70. The maximum Gasteiger partial charge on any atom is 0.266 e. The summed E-state index contributed by atoms with van der Waals surface area (Å²) in [5.74, 6) is 0.169. The van der Waals surface area contributed by atoms with E-state index in [9.17, 15) is 9.59 Å². The number of nitrogens with one attached hydrogen (secondary N) is 1. The molecule has 2 aromatic carbocycles. The first-order valence-electron chi connectivity index (χ1n) is 9.45. The number of piperidine rings is 1. The van der Waals surface area contributed by atoms with E-state index in [-0.39, 0.29) is 17.7 Å². The van der Waals surface area contributed by atoms with Crippen LogP contribution in [0.4, 0.5) is 5.69 Å². The molecule has 1 unspecified atom stereocenters. The SMILES string of the molecule is CC(C)(Oc1ccc(Cl)cc1)C(=O)N1CCCC(C(=O)Nc2ccccc2)C1. The van der Waals surface area contributed by atoms with Crippen LogP contribution in [0.2, 0.25) is 5.02 Å². The first-order chi connectivity index (χ1) is 13.3. The highest BCUT2D eigenvalue weighted by atomic mass is 35.5. The molecule has 1 atom stereocenters. The molecule has 6 heteroatoms. The Morgan fingerprint density at radius 1 is 1.11 bits per heavy atom. The van der Waals surface area contributed by atoms with Crippen LogP contribution in [0.1, 0.15) is 26.7 Å². The van der Waals surface area contributed by atoms with Crippen LogP contribution in [0.3, 0.4) is 0 Å². The Bertz CT molecular complexity index is 821. The van der Waals surface area contributed by atoms with Crippen molar-refractivity contribution in [3.05, 3.63) is 59.6 Å². The lowest BCUT2D eigenvalue weighted by Gasteiger charge is -2.37. The number of anilines is 1. The van der Waals surface area contributed by atoms with E-state index >= 15 is 0 Å². The number of halogens is 1. The highest BCUT2D eigenvalue weighted by molar-refractivity contribution is 6.30. The first-order valence-corrected chi connectivity index (χ1v) is 9.83. The minimum atomic E-state index is -1.04. The Kier molecular flexibility index (Phi) is 6.25. The topological polar surface area (TPSA) is 58.6 Å². The molecule has 2 aromatic rings. The van der Waals surface area contributed by atoms with Crippen LogP contribution in [0, 0.1) is 5.92 Å². The van der Waals surface area contributed by atoms with Crippen molar-refractivity contribution >= 4 is 29.1 Å². The molecule has 28 heavy (non-hydrogen) atoms. The van der Waals surface area contributed by atoms with E-state index < -0.39 is 5.60 Å². The third-order valence-electron chi connectivity index (χ3n) is 4.82. The van der Waals surface area contributed by atoms with E-state index in [0.717, 1.165) is 18.5 Å². The van der Waals surface area contributed by atoms with Crippen LogP contribution in [-0.2, 0) is 9.59 Å². The third kappa shape index (κ3) is 5.04. The van der Waals surface area contributed by atoms with Gasteiger partial charge in [0, 0.05) is 23.8 Å². The van der Waals surface area contributed by atoms with Crippen LogP contribution in [0.25, 0.3) is 0 Å². The normalized spacial score (nSPS) is 17.1. The van der Waals surface area contributed by atoms with Gasteiger partial charge in [-0.15, -0.1) is 0 Å². The second-order valence-corrected chi connectivity index (χ2v) is 7.95. The van der Waals surface area contributed by atoms with Gasteiger partial charge in [-0.3, -0.25) is 9.59 Å². The summed E-state index contributed by atoms with van der Waals surface area (Å²) in [7, 11) is 0. The summed E-state index contributed by atoms with van der Waals surface area (Å²) >= 11 is 5.90. The van der Waals surface area contributed by atoms with Gasteiger partial charge in [0.1, 0.15) is 5.75 Å². The summed E-state index contributed by atoms with van der Waals surface area (Å²) in [6.45, 7) is 4.52. The Morgan fingerprint density at radius 2 is 1.79 bits per heavy atom. The van der Waals surface area contributed by atoms with E-state index in [1.807, 2.05) is 30.3 Å². The fourth-order valence-electron chi connectivity index (χ4n) is 3.36. The molecular weight excluding hydrogens is 376 g/mol. The van der Waals surface area contributed by atoms with Crippen LogP contribution >= 0.6 is 11.6 Å². The molecule has 0 bridgehead atoms. The highest BCUT2D eigenvalue weighted by Gasteiger charge is 2.37. The summed E-state index contributed by atoms with van der Waals surface area (Å²) < 4.78 is 5.91. The first kappa shape index (κ1) is 20.2. The van der Waals surface area contributed by atoms with Crippen LogP contribution < -0.4 is 10.1 Å². The van der Waals surface area contributed by atoms with Crippen LogP contribution in [0.15, 0.2) is 54.6 Å². The molecule has 0 spiro atoms. The zero-order valence-corrected chi connectivity index (χ0v) is 16.9. The molecule has 0 saturated carbocycles. The second-order valence-electron chi connectivity index (χ2n) is 7.51. The smallest absolute Gasteiger partial charge is 0.266 e. The molecule has 0 radical (unpaired) electrons. The van der Waals surface area contributed by atoms with Gasteiger partial charge in [0.05, 0.1) is 5.92 Å². The molecule has 1 saturated heterocycles. The van der Waals surface area contributed by atoms with Crippen molar-refractivity contribution in [3.63, 3.8) is 0 Å². The van der Waals surface area contributed by atoms with Gasteiger partial charge >= 0.3 is 0 Å². The Labute approximate surface area is 170 Å². The minimum absolute atomic E-state index is 0.0554. The molecule has 1 aliphatic heterocycles. The molecule has 1 heterocycles. The van der Waals surface area contributed by atoms with Gasteiger partial charge in [-0.25, -0.2) is 0 Å². The summed E-state index contributed by atoms with van der Waals surface area (Å²) in [6.07, 6.45) is 1.55. The van der Waals surface area contributed by atoms with Crippen molar-refractivity contribution in [2.75, 3.05) is 18.4 Å². The van der Waals surface area contributed by atoms with Crippen molar-refractivity contribution < 1.29 is 14.3 Å². The largest absolute Gasteiger partial charge is 0.478 e. The number of hydrogen-bond donors (Lipinski definition) is 1. The van der Waals surface area contributed by atoms with E-state index in [1.165, 1.54) is 0 Å². The van der Waals surface area contributed by atoms with E-state index in [1.54, 1.807) is 43.0 Å². The fourth-order valence-corrected chi connectivity index (χ4v) is 3.49. The number of benzene rings is 2. The van der Waals surface area contributed by atoms with Crippen molar-refractivity contribution in [1.29, 1.82) is 0 Å². The van der Waals surface area contributed by atoms with Crippen molar-refractivity contribution in [2.24, 2.45) is 5.92 Å². The van der Waals surface area contributed by atoms with Gasteiger partial charge in [0.25, 0.3) is 5.91 Å². The third-order valence-corrected chi connectivity index (χ3v) is 5.07. The number of rotatable bonds is 5. The lowest BCUT2D eigenvalue weighted by atomic mass is 9.95. The standard InChI is InChI=1S/C22H25ClN2O3/c1-22(2,28-19-12-10-17(23)11-13-19)21(27)25-14-6-7-16(15-25)20(26)24-18-8-4-3-5-9-18/h3-5,8-13,16H,6-7,14-15H2,1-2H3,(H,24,26). The lowest BCUT2D eigenvalue weighted by Crippen LogP contribution is -2.53. The number of hydrogen-bond acceptors (Lipinski definition) is 3. The molecule has 1 fully saturated rings. The zero-order valence-electron chi connectivity index (χ0n) is 16.2. The molecule has 148 valence electrons. The molecule has 0 aromatic heterocycles. The van der Waals surface area contributed by atoms with Crippen molar-refractivity contribution in [3.8, 4) is 5.75 Å². The monoisotopic (exact) mass is 400 g/mol. The number of likely N-dealkylation sites (tertiary alicyclic amines) is 1. The lowest BCUT2D eigenvalue weighted by molar-refractivity contribution is -0.148. The summed E-state index contributed by atoms with van der Waals surface area (Å²) in [5.41, 5.74) is -0.270. The van der Waals surface area contributed by atoms with E-state index in [0.29, 0.717) is 23.9 Å². The predicted molar refractivity (Wildman–Crippen MR) is 111 cm³/mol. The maximum atomic E-state index is 13.1. The minimum Gasteiger partial charge on any atom is -0.478 e. The predicted octanol–water partition coefficient (Wildman–Crippen LogP) is 4.37. The van der Waals surface area contributed by atoms with Crippen LogP contribution in [0.5, 0.6) is 5.75 Å². The molecule has 0 aliphatic carbocycles. The van der Waals surface area contributed by atoms with Crippen molar-refractivity contribution in [1.82, 2.24) is 4.90 Å². The number of para-hydroxylation sites is 1. The number of ether oxygens (including phenoxy) is 1. The zero-order chi connectivity index (χ0) is 20.1. The second kappa shape index (κ2) is 8.65. The van der Waals surface area contributed by atoms with Crippen molar-refractivity contribution in [2.45, 2.75) is 32.3 Å². The summed E-state index contributed by atoms with van der Waals surface area (Å²) in [6, 6.07) is 16.3. The molecule has 5 nitrogen and oxygen atoms in total. The van der Waals surface area contributed by atoms with Gasteiger partial charge in [0.15, 0.2) is 5.60 Å². The number of carbonyl (C=O) groups is 2. The quantitative estimate of drug-likeness (QED) is 0.810. The van der Waals surface area contributed by atoms with E-state index in [2.05, 4.69) is 5.32 Å². The van der Waals surface area contributed by atoms with Gasteiger partial charge in [0.2, 0.25) is 5.91 Å².